The maximum absolute atomic E-state index is 12.8. The number of nitrogens with zero attached hydrogens (tertiary/aromatic N) is 9. The SMILES string of the molecule is CCn1nnc([C@H]2O[C@@H](n3cnc4c(NCC(c5ccccc5)c5ccccc5)nc(N5CC[C@@H](NC(=O)N[C@@H]6CCNC6)C5)nc43)[C@H](O)[C@@H]2O)n1. The number of urea groups is 1. The van der Waals surface area contributed by atoms with Crippen LogP contribution < -0.4 is 26.2 Å². The summed E-state index contributed by atoms with van der Waals surface area (Å²) in [5, 5.41) is 47.6. The Morgan fingerprint density at radius 1 is 1.00 bits per heavy atom. The Labute approximate surface area is 299 Å². The molecule has 0 radical (unpaired) electrons. The number of imidazole rings is 1. The van der Waals surface area contributed by atoms with Crippen LogP contribution in [-0.4, -0.2) is 113 Å². The summed E-state index contributed by atoms with van der Waals surface area (Å²) < 4.78 is 7.82. The number of tetrazole rings is 1. The molecule has 0 aliphatic carbocycles. The number of aliphatic hydroxyl groups excluding tert-OH is 2. The first kappa shape index (κ1) is 33.9. The predicted octanol–water partition coefficient (Wildman–Crippen LogP) is 1.31. The third-order valence-electron chi connectivity index (χ3n) is 10.0. The summed E-state index contributed by atoms with van der Waals surface area (Å²) in [4.78, 5) is 30.9. The van der Waals surface area contributed by atoms with E-state index >= 15 is 0 Å². The summed E-state index contributed by atoms with van der Waals surface area (Å²) in [5.41, 5.74) is 3.18. The summed E-state index contributed by atoms with van der Waals surface area (Å²) in [6.45, 7) is 5.67. The fourth-order valence-electron chi connectivity index (χ4n) is 7.21. The second kappa shape index (κ2) is 14.8. The molecule has 17 heteroatoms. The fourth-order valence-corrected chi connectivity index (χ4v) is 7.21. The molecule has 6 heterocycles. The van der Waals surface area contributed by atoms with Gasteiger partial charge >= 0.3 is 6.03 Å². The summed E-state index contributed by atoms with van der Waals surface area (Å²) >= 11 is 0. The molecule has 8 rings (SSSR count). The number of anilines is 2. The van der Waals surface area contributed by atoms with Crippen molar-refractivity contribution in [2.75, 3.05) is 42.9 Å². The third kappa shape index (κ3) is 6.87. The number of fused-ring (bicyclic) bond motifs is 1. The van der Waals surface area contributed by atoms with E-state index in [1.54, 1.807) is 4.57 Å². The lowest BCUT2D eigenvalue weighted by molar-refractivity contribution is -0.0384. The molecule has 52 heavy (non-hydrogen) atoms. The zero-order valence-electron chi connectivity index (χ0n) is 28.8. The molecule has 3 aliphatic heterocycles. The third-order valence-corrected chi connectivity index (χ3v) is 10.0. The van der Waals surface area contributed by atoms with E-state index in [2.05, 4.69) is 60.9 Å². The molecule has 0 saturated carbocycles. The maximum Gasteiger partial charge on any atom is 0.315 e. The monoisotopic (exact) mass is 709 g/mol. The van der Waals surface area contributed by atoms with Crippen LogP contribution in [0.25, 0.3) is 11.2 Å². The van der Waals surface area contributed by atoms with Gasteiger partial charge in [0.15, 0.2) is 29.3 Å². The van der Waals surface area contributed by atoms with Crippen LogP contribution in [0.2, 0.25) is 0 Å². The number of carbonyl (C=O) groups excluding carboxylic acids is 1. The van der Waals surface area contributed by atoms with Crippen LogP contribution in [0.4, 0.5) is 16.6 Å². The van der Waals surface area contributed by atoms with Crippen molar-refractivity contribution in [3.63, 3.8) is 0 Å². The molecule has 2 amide bonds. The molecule has 17 nitrogen and oxygen atoms in total. The summed E-state index contributed by atoms with van der Waals surface area (Å²) in [7, 11) is 0. The minimum atomic E-state index is -1.33. The van der Waals surface area contributed by atoms with Crippen LogP contribution in [0, 0.1) is 0 Å². The molecule has 2 aromatic carbocycles. The van der Waals surface area contributed by atoms with E-state index in [0.29, 0.717) is 55.5 Å². The van der Waals surface area contributed by atoms with Gasteiger partial charge in [-0.1, -0.05) is 60.7 Å². The lowest BCUT2D eigenvalue weighted by Crippen LogP contribution is -2.47. The van der Waals surface area contributed by atoms with Crippen LogP contribution >= 0.6 is 0 Å². The standard InChI is InChI=1S/C35H43N13O4/c1-2-48-44-31(43-45-48)29-27(49)28(50)33(52-29)47-20-38-26-30(37-18-25(21-9-5-3-6-10-21)22-11-7-4-8-12-22)41-34(42-32(26)47)46-16-14-24(19-46)40-35(51)39-23-13-15-36-17-23/h3-12,20,23-25,27-29,33,36,49-50H,2,13-19H2,1H3,(H,37,41,42)(H2,39,40,51)/t23-,24-,27+,28-,29+,33-/m1/s1. The van der Waals surface area contributed by atoms with Gasteiger partial charge in [-0.3, -0.25) is 4.57 Å². The molecule has 3 aromatic heterocycles. The van der Waals surface area contributed by atoms with Crippen molar-refractivity contribution < 1.29 is 19.7 Å². The van der Waals surface area contributed by atoms with E-state index < -0.39 is 24.5 Å². The number of amides is 2. The van der Waals surface area contributed by atoms with Gasteiger partial charge in [0.05, 0.1) is 12.9 Å². The van der Waals surface area contributed by atoms with Crippen molar-refractivity contribution in [2.24, 2.45) is 0 Å². The normalized spacial score (nSPS) is 24.6. The van der Waals surface area contributed by atoms with Crippen molar-refractivity contribution in [3.8, 4) is 0 Å². The van der Waals surface area contributed by atoms with E-state index in [9.17, 15) is 15.0 Å². The molecule has 6 N–H and O–H groups in total. The van der Waals surface area contributed by atoms with E-state index in [0.717, 1.165) is 30.6 Å². The van der Waals surface area contributed by atoms with Crippen molar-refractivity contribution in [3.05, 3.63) is 83.9 Å². The number of aryl methyl sites for hydroxylation is 1. The highest BCUT2D eigenvalue weighted by atomic mass is 16.6. The van der Waals surface area contributed by atoms with Crippen LogP contribution in [0.15, 0.2) is 67.0 Å². The van der Waals surface area contributed by atoms with E-state index in [-0.39, 0.29) is 29.9 Å². The first-order valence-electron chi connectivity index (χ1n) is 17.9. The molecule has 0 unspecified atom stereocenters. The second-order valence-corrected chi connectivity index (χ2v) is 13.5. The van der Waals surface area contributed by atoms with Gasteiger partial charge in [-0.25, -0.2) is 9.78 Å². The number of carbonyl (C=O) groups is 1. The Bertz CT molecular complexity index is 1930. The number of nitrogens with one attached hydrogen (secondary N) is 4. The predicted molar refractivity (Wildman–Crippen MR) is 190 cm³/mol. The van der Waals surface area contributed by atoms with Crippen molar-refractivity contribution in [1.82, 2.24) is 55.7 Å². The van der Waals surface area contributed by atoms with Gasteiger partial charge in [-0.15, -0.1) is 10.2 Å². The maximum atomic E-state index is 12.8. The van der Waals surface area contributed by atoms with Crippen molar-refractivity contribution >= 4 is 29.0 Å². The minimum Gasteiger partial charge on any atom is -0.387 e. The van der Waals surface area contributed by atoms with Gasteiger partial charge in [0.1, 0.15) is 12.2 Å². The molecule has 3 aliphatic rings. The number of aromatic nitrogens is 8. The van der Waals surface area contributed by atoms with Crippen molar-refractivity contribution in [1.29, 1.82) is 0 Å². The Hall–Kier alpha value is -5.23. The lowest BCUT2D eigenvalue weighted by atomic mass is 9.91. The molecule has 3 fully saturated rings. The second-order valence-electron chi connectivity index (χ2n) is 13.5. The molecule has 6 atom stereocenters. The molecule has 0 bridgehead atoms. The number of aliphatic hydroxyl groups is 2. The lowest BCUT2D eigenvalue weighted by Gasteiger charge is -2.22. The summed E-state index contributed by atoms with van der Waals surface area (Å²) in [6, 6.07) is 20.4. The Morgan fingerprint density at radius 3 is 2.44 bits per heavy atom. The van der Waals surface area contributed by atoms with E-state index in [1.807, 2.05) is 48.2 Å². The van der Waals surface area contributed by atoms with Crippen LogP contribution in [0.5, 0.6) is 0 Å². The summed E-state index contributed by atoms with van der Waals surface area (Å²) in [5.74, 6) is 1.13. The topological polar surface area (TPSA) is 205 Å². The van der Waals surface area contributed by atoms with E-state index in [4.69, 9.17) is 19.7 Å². The van der Waals surface area contributed by atoms with Gasteiger partial charge in [-0.2, -0.15) is 14.8 Å². The van der Waals surface area contributed by atoms with Gasteiger partial charge in [0, 0.05) is 44.2 Å². The zero-order chi connectivity index (χ0) is 35.6. The summed E-state index contributed by atoms with van der Waals surface area (Å²) in [6.07, 6.45) is -1.54. The van der Waals surface area contributed by atoms with Crippen molar-refractivity contribution in [2.45, 2.75) is 68.9 Å². The van der Waals surface area contributed by atoms with E-state index in [1.165, 1.54) is 11.1 Å². The molecular weight excluding hydrogens is 666 g/mol. The molecular formula is C35H43N13O4. The smallest absolute Gasteiger partial charge is 0.315 e. The minimum absolute atomic E-state index is 0.00632. The van der Waals surface area contributed by atoms with Crippen LogP contribution in [0.1, 0.15) is 55.0 Å². The number of ether oxygens (including phenoxy) is 1. The van der Waals surface area contributed by atoms with Crippen LogP contribution in [0.3, 0.4) is 0 Å². The van der Waals surface area contributed by atoms with Gasteiger partial charge < -0.3 is 41.1 Å². The molecule has 272 valence electrons. The highest BCUT2D eigenvalue weighted by molar-refractivity contribution is 5.84. The Kier molecular flexibility index (Phi) is 9.64. The first-order chi connectivity index (χ1) is 25.4. The highest BCUT2D eigenvalue weighted by Gasteiger charge is 2.47. The van der Waals surface area contributed by atoms with Crippen LogP contribution in [-0.2, 0) is 11.3 Å². The number of rotatable bonds is 11. The van der Waals surface area contributed by atoms with Gasteiger partial charge in [0.25, 0.3) is 0 Å². The number of benzene rings is 2. The number of hydrogen-bond donors (Lipinski definition) is 6. The fraction of sp³-hybridized carbons (Fsp3) is 0.457. The molecule has 5 aromatic rings. The average Bonchev–Trinajstić information content (AvgIpc) is 4.02. The van der Waals surface area contributed by atoms with Gasteiger partial charge in [0.2, 0.25) is 11.8 Å². The largest absolute Gasteiger partial charge is 0.387 e. The molecule has 3 saturated heterocycles. The molecule has 0 spiro atoms. The number of hydrogen-bond acceptors (Lipinski definition) is 13. The zero-order valence-corrected chi connectivity index (χ0v) is 28.8. The highest BCUT2D eigenvalue weighted by Crippen LogP contribution is 2.39. The Balaban J connectivity index is 1.10. The Morgan fingerprint density at radius 2 is 1.75 bits per heavy atom. The van der Waals surface area contributed by atoms with Gasteiger partial charge in [-0.05, 0) is 42.7 Å². The quantitative estimate of drug-likeness (QED) is 0.115. The average molecular weight is 710 g/mol. The first-order valence-corrected chi connectivity index (χ1v) is 17.9.